The molecular weight excluding hydrogens is 1890 g/mol. The molecule has 24 heteroatoms. The molecule has 22 aromatic rings. The van der Waals surface area contributed by atoms with Gasteiger partial charge >= 0.3 is 0 Å². The van der Waals surface area contributed by atoms with Crippen LogP contribution in [0.1, 0.15) is 284 Å². The number of aryl methyl sites for hydroxylation is 1. The lowest BCUT2D eigenvalue weighted by atomic mass is 9.98. The maximum atomic E-state index is 6.14. The highest BCUT2D eigenvalue weighted by Crippen LogP contribution is 2.36. The van der Waals surface area contributed by atoms with Crippen molar-refractivity contribution >= 4 is 200 Å². The molecule has 0 saturated carbocycles. The molecular formula is C117H128Cl5N15O2S2. The summed E-state index contributed by atoms with van der Waals surface area (Å²) in [6.07, 6.45) is 15.4. The number of benzene rings is 11. The van der Waals surface area contributed by atoms with Crippen LogP contribution in [0.15, 0.2) is 276 Å². The van der Waals surface area contributed by atoms with Gasteiger partial charge in [-0.2, -0.15) is 10.2 Å². The average molecular weight is 2020 g/mol. The number of hydrogen-bond acceptors (Lipinski definition) is 15. The highest BCUT2D eigenvalue weighted by Gasteiger charge is 2.15. The maximum absolute atomic E-state index is 6.14. The Hall–Kier alpha value is -12.3. The summed E-state index contributed by atoms with van der Waals surface area (Å²) in [5.74, 6) is 5.94. The van der Waals surface area contributed by atoms with E-state index in [1.54, 1.807) is 47.7 Å². The summed E-state index contributed by atoms with van der Waals surface area (Å²) in [6.45, 7) is 50.0. The van der Waals surface area contributed by atoms with E-state index in [-0.39, 0.29) is 0 Å². The number of oxazole rings is 2. The number of halogens is 5. The molecule has 11 aromatic carbocycles. The van der Waals surface area contributed by atoms with Crippen LogP contribution in [-0.2, 0) is 0 Å². The van der Waals surface area contributed by atoms with E-state index in [0.29, 0.717) is 70.1 Å². The van der Waals surface area contributed by atoms with Crippen molar-refractivity contribution in [3.05, 3.63) is 360 Å². The molecule has 0 fully saturated rings. The summed E-state index contributed by atoms with van der Waals surface area (Å²) in [4.78, 5) is 43.9. The Morgan fingerprint density at radius 3 is 1.30 bits per heavy atom. The topological polar surface area (TPSA) is 231 Å². The molecule has 11 aromatic heterocycles. The second kappa shape index (κ2) is 50.9. The Bertz CT molecular complexity index is 7050. The molecule has 0 aliphatic heterocycles. The standard InChI is InChI=1S/C13H15N.C12H12ClN.C12H13N.2C10H11ClN2.C10H10ClNO.C10H10ClNS.2C10H12N2.C10H11NO.C10H11NS/c1-9(2)12-7-10(3)13-11(8-12)5-4-6-14-13;1-8(2)10-6-9-4-3-5-14-12(9)11(13)7-10;1-9(2)10-5-6-12-11(8-10)4-3-7-13-12;1-6(2)7-3-8(11)10-9(4-7)12-5-13-10;1-6(2)7-3-8-5-12-13-10(8)9(11)4-7;2*1-6(2)7-3-8(11)10-9(4-7)13-5-12-10;1-7(2)8-3-4-10-9(5-8)6-11-12-10;3*1-7(2)8-3-4-9-10(5-8)12-6-11-9/h4-9H,1-3H3;3-8H,1-2H3;3-9H,1-2H3;2*3-6H,1-2H3,(H,12,13);2*3-6H,1-2H3;2*3-7H,1-2H3,(H,11,12);2*3-7H,1-2H3. The normalized spacial score (nSPS) is 11.3. The van der Waals surface area contributed by atoms with Crippen molar-refractivity contribution in [3.63, 3.8) is 0 Å². The first-order valence-corrected chi connectivity index (χ1v) is 51.7. The van der Waals surface area contributed by atoms with E-state index in [1.165, 1.54) is 105 Å². The van der Waals surface area contributed by atoms with Crippen molar-refractivity contribution in [1.29, 1.82) is 0 Å². The summed E-state index contributed by atoms with van der Waals surface area (Å²) in [6, 6.07) is 68.9. The van der Waals surface area contributed by atoms with Crippen molar-refractivity contribution in [2.45, 2.75) is 224 Å². The second-order valence-electron chi connectivity index (χ2n) is 38.2. The first kappa shape index (κ1) is 108. The molecule has 0 saturated heterocycles. The number of nitrogens with zero attached hydrogens (tertiary/aromatic N) is 11. The van der Waals surface area contributed by atoms with Crippen molar-refractivity contribution < 1.29 is 8.83 Å². The van der Waals surface area contributed by atoms with Gasteiger partial charge in [-0.3, -0.25) is 25.1 Å². The number of aromatic amines is 4. The Morgan fingerprint density at radius 1 is 0.262 bits per heavy atom. The van der Waals surface area contributed by atoms with E-state index >= 15 is 0 Å². The van der Waals surface area contributed by atoms with Crippen LogP contribution in [0.5, 0.6) is 0 Å². The van der Waals surface area contributed by atoms with Crippen LogP contribution >= 0.6 is 80.7 Å². The number of nitrogens with one attached hydrogen (secondary N) is 4. The van der Waals surface area contributed by atoms with Crippen LogP contribution in [0.3, 0.4) is 0 Å². The van der Waals surface area contributed by atoms with E-state index in [0.717, 1.165) is 114 Å². The lowest BCUT2D eigenvalue weighted by molar-refractivity contribution is 0.601. The van der Waals surface area contributed by atoms with Gasteiger partial charge in [0.05, 0.1) is 126 Å². The predicted molar refractivity (Wildman–Crippen MR) is 602 cm³/mol. The van der Waals surface area contributed by atoms with Crippen molar-refractivity contribution in [1.82, 2.24) is 75.2 Å². The molecule has 0 aliphatic rings. The molecule has 0 amide bonds. The monoisotopic (exact) mass is 2010 g/mol. The number of thiazole rings is 2. The molecule has 0 unspecified atom stereocenters. The van der Waals surface area contributed by atoms with Gasteiger partial charge in [-0.05, 0) is 284 Å². The Kier molecular flexibility index (Phi) is 38.8. The summed E-state index contributed by atoms with van der Waals surface area (Å²) in [5.41, 5.74) is 33.9. The molecule has 730 valence electrons. The van der Waals surface area contributed by atoms with E-state index < -0.39 is 0 Å². The molecule has 11 heterocycles. The maximum Gasteiger partial charge on any atom is 0.182 e. The third-order valence-electron chi connectivity index (χ3n) is 24.0. The van der Waals surface area contributed by atoms with Crippen molar-refractivity contribution in [2.75, 3.05) is 0 Å². The van der Waals surface area contributed by atoms with Gasteiger partial charge in [-0.1, -0.05) is 265 Å². The van der Waals surface area contributed by atoms with Crippen LogP contribution in [0.25, 0.3) is 119 Å². The number of aromatic nitrogens is 15. The molecule has 4 N–H and O–H groups in total. The third-order valence-corrected chi connectivity index (χ3v) is 27.0. The molecule has 0 atom stereocenters. The fourth-order valence-electron chi connectivity index (χ4n) is 15.1. The summed E-state index contributed by atoms with van der Waals surface area (Å²) in [5, 5.41) is 23.2. The molecule has 17 nitrogen and oxygen atoms in total. The van der Waals surface area contributed by atoms with E-state index in [4.69, 9.17) is 66.8 Å². The molecule has 0 aliphatic carbocycles. The van der Waals surface area contributed by atoms with Gasteiger partial charge in [0, 0.05) is 45.5 Å². The van der Waals surface area contributed by atoms with Gasteiger partial charge in [0.15, 0.2) is 24.0 Å². The average Bonchev–Trinajstić information content (AvgIpc) is 1.63. The summed E-state index contributed by atoms with van der Waals surface area (Å²) in [7, 11) is 0. The van der Waals surface area contributed by atoms with Crippen molar-refractivity contribution in [3.8, 4) is 0 Å². The Labute approximate surface area is 861 Å². The zero-order valence-electron chi connectivity index (χ0n) is 84.7. The summed E-state index contributed by atoms with van der Waals surface area (Å²) < 4.78 is 12.9. The highest BCUT2D eigenvalue weighted by atomic mass is 35.5. The lowest BCUT2D eigenvalue weighted by Gasteiger charge is -2.08. The molecule has 22 rings (SSSR count). The number of imidazole rings is 2. The van der Waals surface area contributed by atoms with Crippen LogP contribution in [0.2, 0.25) is 25.1 Å². The van der Waals surface area contributed by atoms with Gasteiger partial charge in [-0.15, -0.1) is 22.7 Å². The fraction of sp³-hybridized carbons (Fsp3) is 0.291. The quantitative estimate of drug-likeness (QED) is 0.0945. The van der Waals surface area contributed by atoms with Gasteiger partial charge in [0.2, 0.25) is 0 Å². The first-order valence-electron chi connectivity index (χ1n) is 48.0. The molecule has 141 heavy (non-hydrogen) atoms. The van der Waals surface area contributed by atoms with Gasteiger partial charge < -0.3 is 18.8 Å². The molecule has 0 radical (unpaired) electrons. The Morgan fingerprint density at radius 2 is 0.667 bits per heavy atom. The van der Waals surface area contributed by atoms with Crippen molar-refractivity contribution in [2.24, 2.45) is 0 Å². The number of H-pyrrole nitrogens is 4. The third kappa shape index (κ3) is 29.5. The minimum Gasteiger partial charge on any atom is -0.443 e. The number of hydrogen-bond donors (Lipinski definition) is 4. The zero-order chi connectivity index (χ0) is 101. The lowest BCUT2D eigenvalue weighted by Crippen LogP contribution is -1.90. The van der Waals surface area contributed by atoms with E-state index in [9.17, 15) is 0 Å². The largest absolute Gasteiger partial charge is 0.443 e. The van der Waals surface area contributed by atoms with Gasteiger partial charge in [0.1, 0.15) is 16.6 Å². The van der Waals surface area contributed by atoms with Gasteiger partial charge in [-0.25, -0.2) is 29.9 Å². The van der Waals surface area contributed by atoms with Crippen LogP contribution in [0, 0.1) is 6.92 Å². The SMILES string of the molecule is CC(C)c1cc(Cl)c2[nH]ncc2c1.CC(C)c1cc(Cl)c2nc[nH]c2c1.CC(C)c1cc(Cl)c2ncccc2c1.CC(C)c1cc(Cl)c2ncoc2c1.CC(C)c1cc(Cl)c2ncsc2c1.CC(C)c1ccc2[nH]ncc2c1.CC(C)c1ccc2nc[nH]c2c1.CC(C)c1ccc2ncccc2c1.CC(C)c1ccc2ncoc2c1.CC(C)c1ccc2ncsc2c1.Cc1cc(C(C)C)cc2cccnc12. The predicted octanol–water partition coefficient (Wildman–Crippen LogP) is 37.1. The number of rotatable bonds is 11. The second-order valence-corrected chi connectivity index (χ2v) is 42.1. The van der Waals surface area contributed by atoms with Crippen LogP contribution < -0.4 is 0 Å². The number of fused-ring (bicyclic) bond motifs is 11. The van der Waals surface area contributed by atoms with E-state index in [1.807, 2.05) is 102 Å². The fourth-order valence-corrected chi connectivity index (χ4v) is 18.0. The van der Waals surface area contributed by atoms with E-state index in [2.05, 4.69) is 362 Å². The summed E-state index contributed by atoms with van der Waals surface area (Å²) >= 11 is 33.7. The van der Waals surface area contributed by atoms with Crippen LogP contribution in [-0.4, -0.2) is 75.2 Å². The minimum atomic E-state index is 0.451. The Balaban J connectivity index is 0.000000139. The molecule has 0 spiro atoms. The smallest absolute Gasteiger partial charge is 0.182 e. The first-order chi connectivity index (χ1) is 67.4. The molecule has 0 bridgehead atoms. The zero-order valence-corrected chi connectivity index (χ0v) is 90.1. The van der Waals surface area contributed by atoms with Crippen LogP contribution in [0.4, 0.5) is 0 Å². The van der Waals surface area contributed by atoms with Gasteiger partial charge in [0.25, 0.3) is 0 Å². The number of pyridine rings is 3. The minimum absolute atomic E-state index is 0.451. The highest BCUT2D eigenvalue weighted by molar-refractivity contribution is 7.17.